The maximum absolute atomic E-state index is 15.2. The fraction of sp³-hybridized carbons (Fsp3) is 0.767. The Morgan fingerprint density at radius 1 is 1.06 bits per heavy atom. The van der Waals surface area contributed by atoms with Crippen molar-refractivity contribution in [3.05, 3.63) is 29.1 Å². The van der Waals surface area contributed by atoms with Gasteiger partial charge in [0.15, 0.2) is 0 Å². The first-order valence-corrected chi connectivity index (χ1v) is 13.5. The lowest BCUT2D eigenvalue weighted by Gasteiger charge is -2.60. The van der Waals surface area contributed by atoms with Gasteiger partial charge in [0.05, 0.1) is 6.61 Å². The van der Waals surface area contributed by atoms with Gasteiger partial charge in [-0.1, -0.05) is 41.5 Å². The predicted octanol–water partition coefficient (Wildman–Crippen LogP) is 7.73. The van der Waals surface area contributed by atoms with Gasteiger partial charge in [0.2, 0.25) is 6.41 Å². The van der Waals surface area contributed by atoms with Crippen molar-refractivity contribution in [1.82, 2.24) is 5.32 Å². The first-order valence-electron chi connectivity index (χ1n) is 13.5. The highest BCUT2D eigenvalue weighted by atomic mass is 19.1. The lowest BCUT2D eigenvalue weighted by Crippen LogP contribution is -2.51. The van der Waals surface area contributed by atoms with Crippen molar-refractivity contribution in [2.24, 2.45) is 21.7 Å². The number of fused-ring (bicyclic) bond motifs is 2. The number of benzene rings is 1. The van der Waals surface area contributed by atoms with E-state index in [0.29, 0.717) is 35.3 Å². The molecule has 190 valence electrons. The monoisotopic (exact) mass is 471 g/mol. The Balaban J connectivity index is 1.49. The lowest BCUT2D eigenvalue weighted by molar-refractivity contribution is -0.109. The van der Waals surface area contributed by atoms with Gasteiger partial charge in [-0.05, 0) is 103 Å². The predicted molar refractivity (Wildman–Crippen MR) is 137 cm³/mol. The van der Waals surface area contributed by atoms with E-state index in [4.69, 9.17) is 4.74 Å². The maximum Gasteiger partial charge on any atom is 0.207 e. The third-order valence-electron chi connectivity index (χ3n) is 8.67. The molecule has 1 amide bonds. The number of amides is 1. The van der Waals surface area contributed by atoms with Crippen molar-refractivity contribution in [3.8, 4) is 5.75 Å². The summed E-state index contributed by atoms with van der Waals surface area (Å²) in [5.41, 5.74) is 3.23. The number of halogens is 1. The van der Waals surface area contributed by atoms with Crippen LogP contribution in [0.4, 0.5) is 4.39 Å². The van der Waals surface area contributed by atoms with E-state index in [1.807, 2.05) is 0 Å². The number of carbonyl (C=O) groups is 1. The molecule has 1 aromatic carbocycles. The van der Waals surface area contributed by atoms with Gasteiger partial charge in [-0.3, -0.25) is 4.79 Å². The van der Waals surface area contributed by atoms with Crippen molar-refractivity contribution in [2.75, 3.05) is 13.2 Å². The van der Waals surface area contributed by atoms with E-state index in [9.17, 15) is 4.79 Å². The standard InChI is InChI=1S/C30H46FNO2/c1-21(8-7-11-32-20-33)23-12-24(22-9-10-22)26(13-25(23)31)34-19-30(6)17-28(4)14-27(2,3)15-29(5,16-28)18-30/h12-13,20-22H,7-11,14-19H2,1-6H3,(H,32,33). The molecular formula is C30H46FNO2. The molecule has 1 aromatic rings. The minimum Gasteiger partial charge on any atom is -0.493 e. The molecule has 3 aliphatic rings. The molecule has 0 aromatic heterocycles. The SMILES string of the molecule is CC(CCCNC=O)c1cc(C2CC2)c(OCC2(C)CC3(C)CC(C)(C)CC(C)(C2)C3)cc1F. The van der Waals surface area contributed by atoms with Crippen LogP contribution in [0.3, 0.4) is 0 Å². The Kier molecular flexibility index (Phi) is 6.85. The Labute approximate surface area is 206 Å². The number of carbonyl (C=O) groups excluding carboxylic acids is 1. The molecule has 34 heavy (non-hydrogen) atoms. The van der Waals surface area contributed by atoms with Crippen LogP contribution >= 0.6 is 0 Å². The highest BCUT2D eigenvalue weighted by molar-refractivity contribution is 5.45. The third kappa shape index (κ3) is 5.79. The second kappa shape index (κ2) is 9.13. The van der Waals surface area contributed by atoms with Crippen LogP contribution in [0.1, 0.15) is 122 Å². The van der Waals surface area contributed by atoms with Crippen LogP contribution in [0.2, 0.25) is 0 Å². The van der Waals surface area contributed by atoms with Crippen molar-refractivity contribution in [2.45, 2.75) is 111 Å². The van der Waals surface area contributed by atoms with E-state index in [2.05, 4.69) is 52.9 Å². The van der Waals surface area contributed by atoms with Gasteiger partial charge in [-0.25, -0.2) is 4.39 Å². The molecule has 1 N–H and O–H groups in total. The molecule has 0 heterocycles. The zero-order chi connectivity index (χ0) is 24.8. The van der Waals surface area contributed by atoms with Crippen LogP contribution in [-0.2, 0) is 4.79 Å². The molecule has 0 radical (unpaired) electrons. The van der Waals surface area contributed by atoms with Crippen LogP contribution in [0.5, 0.6) is 5.75 Å². The summed E-state index contributed by atoms with van der Waals surface area (Å²) >= 11 is 0. The van der Waals surface area contributed by atoms with E-state index in [1.165, 1.54) is 50.5 Å². The van der Waals surface area contributed by atoms with Gasteiger partial charge in [-0.2, -0.15) is 0 Å². The van der Waals surface area contributed by atoms with Crippen LogP contribution in [0.25, 0.3) is 0 Å². The minimum atomic E-state index is -0.151. The van der Waals surface area contributed by atoms with Gasteiger partial charge >= 0.3 is 0 Å². The van der Waals surface area contributed by atoms with E-state index in [0.717, 1.165) is 30.6 Å². The molecule has 3 aliphatic carbocycles. The van der Waals surface area contributed by atoms with Gasteiger partial charge in [0.25, 0.3) is 0 Å². The Morgan fingerprint density at radius 3 is 2.29 bits per heavy atom. The van der Waals surface area contributed by atoms with Crippen molar-refractivity contribution in [1.29, 1.82) is 0 Å². The highest BCUT2D eigenvalue weighted by Gasteiger charge is 2.55. The number of hydrogen-bond donors (Lipinski definition) is 1. The molecule has 4 heteroatoms. The fourth-order valence-electron chi connectivity index (χ4n) is 8.79. The molecule has 0 spiro atoms. The van der Waals surface area contributed by atoms with Crippen LogP contribution < -0.4 is 10.1 Å². The summed E-state index contributed by atoms with van der Waals surface area (Å²) in [5.74, 6) is 1.25. The fourth-order valence-corrected chi connectivity index (χ4v) is 8.79. The summed E-state index contributed by atoms with van der Waals surface area (Å²) in [4.78, 5) is 10.5. The topological polar surface area (TPSA) is 38.3 Å². The average Bonchev–Trinajstić information content (AvgIpc) is 3.51. The Bertz CT molecular complexity index is 877. The summed E-state index contributed by atoms with van der Waals surface area (Å²) in [5, 5.41) is 2.70. The molecule has 0 aliphatic heterocycles. The number of nitrogens with one attached hydrogen (secondary N) is 1. The van der Waals surface area contributed by atoms with Crippen LogP contribution in [0.15, 0.2) is 12.1 Å². The van der Waals surface area contributed by atoms with E-state index >= 15 is 4.39 Å². The maximum atomic E-state index is 15.2. The van der Waals surface area contributed by atoms with E-state index in [1.54, 1.807) is 6.07 Å². The van der Waals surface area contributed by atoms with Gasteiger partial charge in [0.1, 0.15) is 11.6 Å². The first-order chi connectivity index (χ1) is 15.9. The zero-order valence-electron chi connectivity index (χ0n) is 22.4. The summed E-state index contributed by atoms with van der Waals surface area (Å²) in [6.07, 6.45) is 11.0. The molecule has 3 saturated carbocycles. The minimum absolute atomic E-state index is 0.118. The van der Waals surface area contributed by atoms with E-state index < -0.39 is 0 Å². The highest BCUT2D eigenvalue weighted by Crippen LogP contribution is 2.65. The molecule has 3 fully saturated rings. The van der Waals surface area contributed by atoms with Crippen molar-refractivity contribution < 1.29 is 13.9 Å². The molecule has 3 unspecified atom stereocenters. The number of ether oxygens (including phenoxy) is 1. The Hall–Kier alpha value is -1.58. The van der Waals surface area contributed by atoms with Gasteiger partial charge in [0, 0.05) is 18.0 Å². The molecule has 2 bridgehead atoms. The molecular weight excluding hydrogens is 425 g/mol. The van der Waals surface area contributed by atoms with Crippen molar-refractivity contribution >= 4 is 6.41 Å². The molecule has 3 nitrogen and oxygen atoms in total. The summed E-state index contributed by atoms with van der Waals surface area (Å²) < 4.78 is 21.8. The smallest absolute Gasteiger partial charge is 0.207 e. The largest absolute Gasteiger partial charge is 0.493 e. The normalized spacial score (nSPS) is 33.3. The van der Waals surface area contributed by atoms with Crippen LogP contribution in [0, 0.1) is 27.5 Å². The Morgan fingerprint density at radius 2 is 1.71 bits per heavy atom. The molecule has 0 saturated heterocycles. The summed E-state index contributed by atoms with van der Waals surface area (Å²) in [6, 6.07) is 3.76. The second-order valence-corrected chi connectivity index (χ2v) is 14.1. The van der Waals surface area contributed by atoms with Gasteiger partial charge in [-0.15, -0.1) is 0 Å². The summed E-state index contributed by atoms with van der Waals surface area (Å²) in [7, 11) is 0. The van der Waals surface area contributed by atoms with E-state index in [-0.39, 0.29) is 17.2 Å². The van der Waals surface area contributed by atoms with Crippen LogP contribution in [-0.4, -0.2) is 19.6 Å². The summed E-state index contributed by atoms with van der Waals surface area (Å²) in [6.45, 7) is 15.6. The number of hydrogen-bond acceptors (Lipinski definition) is 2. The number of rotatable bonds is 10. The third-order valence-corrected chi connectivity index (χ3v) is 8.67. The van der Waals surface area contributed by atoms with Crippen molar-refractivity contribution in [3.63, 3.8) is 0 Å². The lowest BCUT2D eigenvalue weighted by atomic mass is 9.45. The molecule has 3 atom stereocenters. The quantitative estimate of drug-likeness (QED) is 0.280. The zero-order valence-corrected chi connectivity index (χ0v) is 22.4. The first kappa shape index (κ1) is 25.5. The average molecular weight is 472 g/mol. The second-order valence-electron chi connectivity index (χ2n) is 14.1. The molecule has 4 rings (SSSR count). The van der Waals surface area contributed by atoms with Gasteiger partial charge < -0.3 is 10.1 Å².